The lowest BCUT2D eigenvalue weighted by atomic mass is 9.84. The van der Waals surface area contributed by atoms with E-state index < -0.39 is 11.7 Å². The smallest absolute Gasteiger partial charge is 0.355 e. The van der Waals surface area contributed by atoms with E-state index in [1.165, 1.54) is 12.1 Å². The fourth-order valence-corrected chi connectivity index (χ4v) is 3.96. The van der Waals surface area contributed by atoms with Crippen LogP contribution in [-0.2, 0) is 16.4 Å². The van der Waals surface area contributed by atoms with Gasteiger partial charge in [0, 0.05) is 18.4 Å². The Kier molecular flexibility index (Phi) is 5.61. The number of benzene rings is 1. The summed E-state index contributed by atoms with van der Waals surface area (Å²) in [5.74, 6) is 0.912. The maximum atomic E-state index is 12.9. The largest absolute Gasteiger partial charge is 0.416 e. The molecule has 1 amide bonds. The van der Waals surface area contributed by atoms with E-state index in [0.717, 1.165) is 44.8 Å². The Bertz CT molecular complexity index is 634. The molecular weight excluding hydrogens is 341 g/mol. The molecule has 3 nitrogen and oxygen atoms in total. The Hall–Kier alpha value is -1.56. The van der Waals surface area contributed by atoms with Gasteiger partial charge in [-0.2, -0.15) is 13.2 Å². The summed E-state index contributed by atoms with van der Waals surface area (Å²) in [5, 5.41) is 6.31. The van der Waals surface area contributed by atoms with E-state index in [1.54, 1.807) is 6.07 Å². The first kappa shape index (κ1) is 19.2. The number of hydrogen-bond acceptors (Lipinski definition) is 2. The van der Waals surface area contributed by atoms with Gasteiger partial charge in [0.2, 0.25) is 5.91 Å². The third-order valence-electron chi connectivity index (χ3n) is 5.98. The minimum atomic E-state index is -4.33. The highest BCUT2D eigenvalue weighted by Crippen LogP contribution is 2.48. The van der Waals surface area contributed by atoms with E-state index >= 15 is 0 Å². The van der Waals surface area contributed by atoms with Crippen LogP contribution in [0.15, 0.2) is 24.3 Å². The molecule has 2 aliphatic rings. The maximum Gasteiger partial charge on any atom is 0.416 e. The van der Waals surface area contributed by atoms with E-state index in [-0.39, 0.29) is 11.3 Å². The molecule has 144 valence electrons. The second-order valence-corrected chi connectivity index (χ2v) is 7.90. The molecule has 1 unspecified atom stereocenters. The number of amides is 1. The van der Waals surface area contributed by atoms with Crippen molar-refractivity contribution in [1.82, 2.24) is 10.6 Å². The van der Waals surface area contributed by atoms with Crippen molar-refractivity contribution in [2.45, 2.75) is 50.6 Å². The molecule has 3 rings (SSSR count). The van der Waals surface area contributed by atoms with Crippen LogP contribution in [0.3, 0.4) is 0 Å². The zero-order valence-electron chi connectivity index (χ0n) is 15.2. The van der Waals surface area contributed by atoms with Gasteiger partial charge < -0.3 is 10.6 Å². The number of piperidine rings is 1. The normalized spacial score (nSPS) is 21.2. The molecule has 1 saturated heterocycles. The van der Waals surface area contributed by atoms with Crippen molar-refractivity contribution in [3.05, 3.63) is 35.4 Å². The topological polar surface area (TPSA) is 41.1 Å². The summed E-state index contributed by atoms with van der Waals surface area (Å²) >= 11 is 0. The van der Waals surface area contributed by atoms with Gasteiger partial charge in [-0.05, 0) is 62.2 Å². The molecule has 1 aromatic rings. The van der Waals surface area contributed by atoms with Crippen molar-refractivity contribution >= 4 is 5.91 Å². The minimum absolute atomic E-state index is 0.00860. The molecule has 0 bridgehead atoms. The quantitative estimate of drug-likeness (QED) is 0.800. The van der Waals surface area contributed by atoms with Gasteiger partial charge in [-0.3, -0.25) is 4.79 Å². The highest BCUT2D eigenvalue weighted by Gasteiger charge is 2.45. The van der Waals surface area contributed by atoms with Crippen molar-refractivity contribution in [2.75, 3.05) is 19.6 Å². The Morgan fingerprint density at radius 1 is 1.31 bits per heavy atom. The van der Waals surface area contributed by atoms with Gasteiger partial charge in [-0.15, -0.1) is 0 Å². The lowest BCUT2D eigenvalue weighted by Crippen LogP contribution is -2.36. The van der Waals surface area contributed by atoms with Crippen LogP contribution < -0.4 is 10.6 Å². The van der Waals surface area contributed by atoms with Gasteiger partial charge in [-0.1, -0.05) is 25.1 Å². The number of nitrogens with one attached hydrogen (secondary N) is 2. The summed E-state index contributed by atoms with van der Waals surface area (Å²) in [7, 11) is 0. The van der Waals surface area contributed by atoms with Crippen molar-refractivity contribution in [3.63, 3.8) is 0 Å². The molecule has 1 aliphatic carbocycles. The molecule has 1 aromatic carbocycles. The van der Waals surface area contributed by atoms with Gasteiger partial charge >= 0.3 is 6.18 Å². The van der Waals surface area contributed by atoms with Crippen LogP contribution in [-0.4, -0.2) is 25.5 Å². The number of carbonyl (C=O) groups is 1. The van der Waals surface area contributed by atoms with Crippen molar-refractivity contribution in [2.24, 2.45) is 11.8 Å². The van der Waals surface area contributed by atoms with Crippen molar-refractivity contribution in [3.8, 4) is 0 Å². The van der Waals surface area contributed by atoms with E-state index in [4.69, 9.17) is 0 Å². The first-order valence-corrected chi connectivity index (χ1v) is 9.45. The van der Waals surface area contributed by atoms with E-state index in [9.17, 15) is 18.0 Å². The summed E-state index contributed by atoms with van der Waals surface area (Å²) in [6, 6.07) is 5.53. The Balaban J connectivity index is 1.55. The average molecular weight is 368 g/mol. The molecule has 0 aromatic heterocycles. The van der Waals surface area contributed by atoms with Crippen LogP contribution in [0.4, 0.5) is 13.2 Å². The molecule has 2 fully saturated rings. The lowest BCUT2D eigenvalue weighted by Gasteiger charge is -2.28. The van der Waals surface area contributed by atoms with Crippen LogP contribution in [0.25, 0.3) is 0 Å². The molecule has 6 heteroatoms. The van der Waals surface area contributed by atoms with Crippen LogP contribution in [0.5, 0.6) is 0 Å². The standard InChI is InChI=1S/C20H27F3N2O/c1-14(15-5-9-24-10-6-15)11-18(26)25-13-19(7-8-19)16-3-2-4-17(12-16)20(21,22)23/h2-4,12,14-15,24H,5-11,13H2,1H3,(H,25,26). The van der Waals surface area contributed by atoms with Crippen LogP contribution >= 0.6 is 0 Å². The minimum Gasteiger partial charge on any atom is -0.355 e. The van der Waals surface area contributed by atoms with Crippen molar-refractivity contribution in [1.29, 1.82) is 0 Å². The first-order valence-electron chi connectivity index (χ1n) is 9.45. The predicted molar refractivity (Wildman–Crippen MR) is 94.7 cm³/mol. The highest BCUT2D eigenvalue weighted by atomic mass is 19.4. The first-order chi connectivity index (χ1) is 12.3. The molecule has 1 saturated carbocycles. The molecule has 0 radical (unpaired) electrons. The zero-order valence-corrected chi connectivity index (χ0v) is 15.2. The van der Waals surface area contributed by atoms with E-state index in [1.807, 2.05) is 0 Å². The summed E-state index contributed by atoms with van der Waals surface area (Å²) in [5.41, 5.74) is -0.263. The summed E-state index contributed by atoms with van der Waals surface area (Å²) in [4.78, 5) is 12.3. The molecule has 1 atom stereocenters. The second kappa shape index (κ2) is 7.59. The fourth-order valence-electron chi connectivity index (χ4n) is 3.96. The number of carbonyl (C=O) groups excluding carboxylic acids is 1. The van der Waals surface area contributed by atoms with Gasteiger partial charge in [-0.25, -0.2) is 0 Å². The molecule has 2 N–H and O–H groups in total. The van der Waals surface area contributed by atoms with Crippen LogP contribution in [0.1, 0.15) is 50.2 Å². The van der Waals surface area contributed by atoms with Crippen molar-refractivity contribution < 1.29 is 18.0 Å². The second-order valence-electron chi connectivity index (χ2n) is 7.90. The predicted octanol–water partition coefficient (Wildman–Crippen LogP) is 3.88. The lowest BCUT2D eigenvalue weighted by molar-refractivity contribution is -0.137. The summed E-state index contributed by atoms with van der Waals surface area (Å²) in [6.45, 7) is 4.56. The fraction of sp³-hybridized carbons (Fsp3) is 0.650. The number of rotatable bonds is 6. The summed E-state index contributed by atoms with van der Waals surface area (Å²) < 4.78 is 38.8. The molecule has 1 heterocycles. The molecule has 26 heavy (non-hydrogen) atoms. The molecule has 1 aliphatic heterocycles. The number of halogens is 3. The average Bonchev–Trinajstić information content (AvgIpc) is 3.41. The maximum absolute atomic E-state index is 12.9. The van der Waals surface area contributed by atoms with E-state index in [2.05, 4.69) is 17.6 Å². The Morgan fingerprint density at radius 2 is 2.00 bits per heavy atom. The van der Waals surface area contributed by atoms with Crippen LogP contribution in [0, 0.1) is 11.8 Å². The zero-order chi connectivity index (χ0) is 18.8. The van der Waals surface area contributed by atoms with Gasteiger partial charge in [0.1, 0.15) is 0 Å². The Labute approximate surface area is 152 Å². The van der Waals surface area contributed by atoms with Gasteiger partial charge in [0.15, 0.2) is 0 Å². The number of hydrogen-bond donors (Lipinski definition) is 2. The van der Waals surface area contributed by atoms with Crippen LogP contribution in [0.2, 0.25) is 0 Å². The number of alkyl halides is 3. The van der Waals surface area contributed by atoms with Gasteiger partial charge in [0.25, 0.3) is 0 Å². The molecular formula is C20H27F3N2O. The highest BCUT2D eigenvalue weighted by molar-refractivity contribution is 5.76. The Morgan fingerprint density at radius 3 is 2.62 bits per heavy atom. The monoisotopic (exact) mass is 368 g/mol. The third-order valence-corrected chi connectivity index (χ3v) is 5.98. The third kappa shape index (κ3) is 4.58. The molecule has 0 spiro atoms. The summed E-state index contributed by atoms with van der Waals surface area (Å²) in [6.07, 6.45) is -0.00885. The van der Waals surface area contributed by atoms with E-state index in [0.29, 0.717) is 30.4 Å². The van der Waals surface area contributed by atoms with Gasteiger partial charge in [0.05, 0.1) is 5.56 Å². The SMILES string of the molecule is CC(CC(=O)NCC1(c2cccc(C(F)(F)F)c2)CC1)C1CCNCC1.